The van der Waals surface area contributed by atoms with E-state index in [1.165, 1.54) is 25.5 Å². The summed E-state index contributed by atoms with van der Waals surface area (Å²) in [6.07, 6.45) is 5.37. The third kappa shape index (κ3) is 5.73. The van der Waals surface area contributed by atoms with Crippen molar-refractivity contribution in [2.75, 3.05) is 51.0 Å². The Morgan fingerprint density at radius 1 is 1.08 bits per heavy atom. The van der Waals surface area contributed by atoms with Crippen molar-refractivity contribution in [1.29, 1.82) is 0 Å². The molecule has 3 aromatic rings. The number of nitrogens with one attached hydrogen (secondary N) is 2. The lowest BCUT2D eigenvalue weighted by Gasteiger charge is -2.26. The van der Waals surface area contributed by atoms with Crippen molar-refractivity contribution in [3.05, 3.63) is 58.7 Å². The minimum atomic E-state index is -0.0374. The first-order valence-corrected chi connectivity index (χ1v) is 12.9. The number of hydrogen-bond donors (Lipinski definition) is 2. The number of rotatable bonds is 9. The fourth-order valence-electron chi connectivity index (χ4n) is 4.71. The number of fused-ring (bicyclic) bond motifs is 1. The zero-order valence-electron chi connectivity index (χ0n) is 21.1. The summed E-state index contributed by atoms with van der Waals surface area (Å²) >= 11 is 6.39. The van der Waals surface area contributed by atoms with Crippen molar-refractivity contribution in [1.82, 2.24) is 19.8 Å². The van der Waals surface area contributed by atoms with Gasteiger partial charge in [-0.15, -0.1) is 0 Å². The molecule has 2 aliphatic heterocycles. The molecule has 37 heavy (non-hydrogen) atoms. The third-order valence-electron chi connectivity index (χ3n) is 6.66. The van der Waals surface area contributed by atoms with Crippen LogP contribution in [0.15, 0.2) is 42.6 Å². The van der Waals surface area contributed by atoms with Gasteiger partial charge in [-0.2, -0.15) is 4.98 Å². The Labute approximate surface area is 221 Å². The molecule has 0 radical (unpaired) electrons. The van der Waals surface area contributed by atoms with Gasteiger partial charge in [-0.05, 0) is 49.7 Å². The minimum absolute atomic E-state index is 0.0374. The van der Waals surface area contributed by atoms with Gasteiger partial charge in [0.05, 0.1) is 30.2 Å². The molecule has 0 atom stereocenters. The van der Waals surface area contributed by atoms with E-state index in [1.54, 1.807) is 19.1 Å². The molecule has 0 aliphatic carbocycles. The molecule has 1 aromatic heterocycles. The van der Waals surface area contributed by atoms with Gasteiger partial charge < -0.3 is 25.0 Å². The number of likely N-dealkylation sites (tertiary alicyclic amines) is 1. The summed E-state index contributed by atoms with van der Waals surface area (Å²) in [4.78, 5) is 25.6. The van der Waals surface area contributed by atoms with E-state index in [0.717, 1.165) is 30.9 Å². The van der Waals surface area contributed by atoms with Crippen LogP contribution in [0, 0.1) is 0 Å². The highest BCUT2D eigenvalue weighted by atomic mass is 35.5. The summed E-state index contributed by atoms with van der Waals surface area (Å²) in [5, 5.41) is 6.75. The molecule has 0 unspecified atom stereocenters. The number of ether oxygens (including phenoxy) is 2. The van der Waals surface area contributed by atoms with Crippen molar-refractivity contribution in [3.63, 3.8) is 0 Å². The van der Waals surface area contributed by atoms with Crippen LogP contribution in [0.1, 0.15) is 35.2 Å². The highest BCUT2D eigenvalue weighted by Gasteiger charge is 2.27. The quantitative estimate of drug-likeness (QED) is 0.402. The second-order valence-electron chi connectivity index (χ2n) is 9.25. The molecular formula is C27H31ClN6O3. The maximum atomic E-state index is 12.6. The zero-order valence-corrected chi connectivity index (χ0v) is 21.8. The lowest BCUT2D eigenvalue weighted by Crippen LogP contribution is -2.33. The molecule has 1 amide bonds. The van der Waals surface area contributed by atoms with Gasteiger partial charge >= 0.3 is 0 Å². The number of piperidine rings is 1. The Hall–Kier alpha value is -3.56. The molecule has 3 heterocycles. The van der Waals surface area contributed by atoms with Gasteiger partial charge in [0.25, 0.3) is 5.91 Å². The van der Waals surface area contributed by atoms with E-state index in [9.17, 15) is 4.79 Å². The number of nitrogens with zero attached hydrogens (tertiary/aromatic N) is 4. The summed E-state index contributed by atoms with van der Waals surface area (Å²) in [5.74, 6) is 2.04. The van der Waals surface area contributed by atoms with Gasteiger partial charge in [0.15, 0.2) is 5.82 Å². The molecule has 2 aromatic carbocycles. The summed E-state index contributed by atoms with van der Waals surface area (Å²) in [6.45, 7) is 4.42. The standard InChI is InChI=1S/C27H31ClN6O3/c1-33-17-18-7-6-8-22(24(18)26(33)35)30-25-20(28)16-29-27(32-25)31-21-10-9-19(15-23(21)36-2)37-14-13-34-11-4-3-5-12-34/h6-10,15-16H,3-5,11-14,17H2,1-2H3,(H2,29,30,31,32). The van der Waals surface area contributed by atoms with Crippen LogP contribution < -0.4 is 20.1 Å². The van der Waals surface area contributed by atoms with Crippen molar-refractivity contribution < 1.29 is 14.3 Å². The summed E-state index contributed by atoms with van der Waals surface area (Å²) in [5.41, 5.74) is 2.94. The summed E-state index contributed by atoms with van der Waals surface area (Å²) in [6, 6.07) is 11.3. The number of methoxy groups -OCH3 is 1. The van der Waals surface area contributed by atoms with Crippen LogP contribution >= 0.6 is 11.6 Å². The van der Waals surface area contributed by atoms with Crippen LogP contribution in [0.3, 0.4) is 0 Å². The first-order chi connectivity index (χ1) is 18.0. The fourth-order valence-corrected chi connectivity index (χ4v) is 4.85. The number of aromatic nitrogens is 2. The Morgan fingerprint density at radius 2 is 1.92 bits per heavy atom. The Morgan fingerprint density at radius 3 is 2.73 bits per heavy atom. The third-order valence-corrected chi connectivity index (χ3v) is 6.94. The van der Waals surface area contributed by atoms with E-state index in [1.807, 2.05) is 36.4 Å². The maximum Gasteiger partial charge on any atom is 0.256 e. The van der Waals surface area contributed by atoms with E-state index in [0.29, 0.717) is 52.6 Å². The minimum Gasteiger partial charge on any atom is -0.494 e. The van der Waals surface area contributed by atoms with Crippen molar-refractivity contribution >= 4 is 40.6 Å². The molecule has 194 valence electrons. The highest BCUT2D eigenvalue weighted by Crippen LogP contribution is 2.34. The Balaban J connectivity index is 1.28. The lowest BCUT2D eigenvalue weighted by atomic mass is 10.1. The maximum absolute atomic E-state index is 12.6. The lowest BCUT2D eigenvalue weighted by molar-refractivity contribution is 0.0817. The number of carbonyl (C=O) groups is 1. The Bertz CT molecular complexity index is 1280. The Kier molecular flexibility index (Phi) is 7.62. The largest absolute Gasteiger partial charge is 0.494 e. The molecule has 2 N–H and O–H groups in total. The van der Waals surface area contributed by atoms with E-state index in [-0.39, 0.29) is 5.91 Å². The van der Waals surface area contributed by atoms with Crippen LogP contribution in [0.4, 0.5) is 23.1 Å². The van der Waals surface area contributed by atoms with Crippen molar-refractivity contribution in [2.45, 2.75) is 25.8 Å². The number of carbonyl (C=O) groups excluding carboxylic acids is 1. The SMILES string of the molecule is COc1cc(OCCN2CCCCC2)ccc1Nc1ncc(Cl)c(Nc2cccc3c2C(=O)N(C)C3)n1. The molecule has 2 aliphatic rings. The first kappa shape index (κ1) is 25.1. The van der Waals surface area contributed by atoms with Crippen LogP contribution in [0.5, 0.6) is 11.5 Å². The molecule has 0 saturated carbocycles. The van der Waals surface area contributed by atoms with Crippen molar-refractivity contribution in [3.8, 4) is 11.5 Å². The molecule has 1 saturated heterocycles. The molecule has 10 heteroatoms. The van der Waals surface area contributed by atoms with Gasteiger partial charge in [-0.3, -0.25) is 9.69 Å². The molecule has 5 rings (SSSR count). The van der Waals surface area contributed by atoms with E-state index < -0.39 is 0 Å². The monoisotopic (exact) mass is 522 g/mol. The van der Waals surface area contributed by atoms with Gasteiger partial charge in [-0.25, -0.2) is 4.98 Å². The molecular weight excluding hydrogens is 492 g/mol. The van der Waals surface area contributed by atoms with Crippen LogP contribution in [-0.4, -0.2) is 66.1 Å². The molecule has 0 spiro atoms. The smallest absolute Gasteiger partial charge is 0.256 e. The fraction of sp³-hybridized carbons (Fsp3) is 0.370. The van der Waals surface area contributed by atoms with Gasteiger partial charge in [0, 0.05) is 26.2 Å². The number of anilines is 4. The van der Waals surface area contributed by atoms with Gasteiger partial charge in [-0.1, -0.05) is 30.2 Å². The highest BCUT2D eigenvalue weighted by molar-refractivity contribution is 6.33. The second-order valence-corrected chi connectivity index (χ2v) is 9.66. The average molecular weight is 523 g/mol. The predicted octanol–water partition coefficient (Wildman–Crippen LogP) is 5.08. The number of benzene rings is 2. The first-order valence-electron chi connectivity index (χ1n) is 12.5. The zero-order chi connectivity index (χ0) is 25.8. The molecule has 9 nitrogen and oxygen atoms in total. The van der Waals surface area contributed by atoms with Crippen molar-refractivity contribution in [2.24, 2.45) is 0 Å². The second kappa shape index (κ2) is 11.2. The van der Waals surface area contributed by atoms with Crippen LogP contribution in [0.2, 0.25) is 5.02 Å². The van der Waals surface area contributed by atoms with Crippen LogP contribution in [0.25, 0.3) is 0 Å². The van der Waals surface area contributed by atoms with Crippen LogP contribution in [-0.2, 0) is 6.54 Å². The van der Waals surface area contributed by atoms with E-state index in [2.05, 4.69) is 25.5 Å². The summed E-state index contributed by atoms with van der Waals surface area (Å²) in [7, 11) is 3.39. The summed E-state index contributed by atoms with van der Waals surface area (Å²) < 4.78 is 11.6. The van der Waals surface area contributed by atoms with Gasteiger partial charge in [0.2, 0.25) is 5.95 Å². The van der Waals surface area contributed by atoms with Gasteiger partial charge in [0.1, 0.15) is 23.1 Å². The predicted molar refractivity (Wildman–Crippen MR) is 145 cm³/mol. The van der Waals surface area contributed by atoms with E-state index >= 15 is 0 Å². The average Bonchev–Trinajstić information content (AvgIpc) is 3.21. The topological polar surface area (TPSA) is 91.8 Å². The van der Waals surface area contributed by atoms with E-state index in [4.69, 9.17) is 21.1 Å². The molecule has 1 fully saturated rings. The molecule has 0 bridgehead atoms. The number of halogens is 1. The number of hydrogen-bond acceptors (Lipinski definition) is 8. The number of amides is 1. The normalized spacial score (nSPS) is 15.4.